The predicted octanol–water partition coefficient (Wildman–Crippen LogP) is 6.59. The first-order chi connectivity index (χ1) is 18.9. The zero-order valence-electron chi connectivity index (χ0n) is 20.3. The van der Waals surface area contributed by atoms with Gasteiger partial charge in [0.1, 0.15) is 21.3 Å². The van der Waals surface area contributed by atoms with Crippen LogP contribution in [0, 0.1) is 0 Å². The number of rotatable bonds is 8. The highest BCUT2D eigenvalue weighted by Gasteiger charge is 2.17. The van der Waals surface area contributed by atoms with Crippen LogP contribution in [0.2, 0.25) is 0 Å². The molecular weight excluding hydrogens is 560 g/mol. The highest BCUT2D eigenvalue weighted by Crippen LogP contribution is 2.29. The largest absolute Gasteiger partial charge is 0.508 e. The van der Waals surface area contributed by atoms with Gasteiger partial charge in [-0.1, -0.05) is 12.2 Å². The van der Waals surface area contributed by atoms with E-state index in [-0.39, 0.29) is 34.0 Å². The number of hydrogen-bond donors (Lipinski definition) is 4. The van der Waals surface area contributed by atoms with Crippen LogP contribution < -0.4 is 0 Å². The van der Waals surface area contributed by atoms with Crippen LogP contribution in [0.1, 0.15) is 11.1 Å². The lowest BCUT2D eigenvalue weighted by atomic mass is 10.1. The minimum Gasteiger partial charge on any atom is -0.508 e. The maximum Gasteiger partial charge on any atom is 0.295 e. The molecule has 4 aromatic rings. The lowest BCUT2D eigenvalue weighted by Gasteiger charge is -2.06. The first-order valence-corrected chi connectivity index (χ1v) is 14.1. The van der Waals surface area contributed by atoms with Gasteiger partial charge in [0.15, 0.2) is 0 Å². The van der Waals surface area contributed by atoms with E-state index in [1.807, 2.05) is 0 Å². The van der Waals surface area contributed by atoms with Crippen LogP contribution in [0.5, 0.6) is 11.5 Å². The summed E-state index contributed by atoms with van der Waals surface area (Å²) in [5, 5.41) is 34.8. The Morgan fingerprint density at radius 2 is 0.775 bits per heavy atom. The summed E-state index contributed by atoms with van der Waals surface area (Å²) in [6.45, 7) is 0. The number of phenolic OH excluding ortho intramolecular Hbond substituents is 2. The summed E-state index contributed by atoms with van der Waals surface area (Å²) in [7, 11) is -9.37. The summed E-state index contributed by atoms with van der Waals surface area (Å²) >= 11 is 0. The lowest BCUT2D eigenvalue weighted by molar-refractivity contribution is 0.475. The van der Waals surface area contributed by atoms with E-state index in [1.165, 1.54) is 84.9 Å². The number of nitrogens with zero attached hydrogens (tertiary/aromatic N) is 4. The molecule has 0 heterocycles. The van der Waals surface area contributed by atoms with Gasteiger partial charge < -0.3 is 10.2 Å². The topological polar surface area (TPSA) is 199 Å². The highest BCUT2D eigenvalue weighted by molar-refractivity contribution is 7.86. The molecule has 0 aliphatic heterocycles. The standard InChI is InChI=1S/C26H20N4O8S2/c31-23-9-3-19(4-10-23)27-29-21-7-13-25(39(33,34)35)17(15-21)1-2-18-16-22(8-14-26(18)40(36,37)38)30-28-20-5-11-24(32)12-6-20/h1-16,31-32H,(H,33,34,35)(H,36,37,38)/b2-1+,29-27?,30-28?. The zero-order valence-corrected chi connectivity index (χ0v) is 21.9. The quantitative estimate of drug-likeness (QED) is 0.101. The molecule has 4 aromatic carbocycles. The Balaban J connectivity index is 1.73. The first kappa shape index (κ1) is 28.3. The third-order valence-corrected chi connectivity index (χ3v) is 7.10. The van der Waals surface area contributed by atoms with Crippen LogP contribution in [0.4, 0.5) is 22.7 Å². The van der Waals surface area contributed by atoms with Crippen molar-refractivity contribution in [3.8, 4) is 11.5 Å². The SMILES string of the molecule is O=S(=O)(O)c1ccc(N=Nc2ccc(O)cc2)cc1/C=C/c1cc(N=Nc2ccc(O)cc2)ccc1S(=O)(=O)O. The normalized spacial score (nSPS) is 12.6. The summed E-state index contributed by atoms with van der Waals surface area (Å²) in [4.78, 5) is -0.965. The maximum absolute atomic E-state index is 12.0. The van der Waals surface area contributed by atoms with E-state index in [0.29, 0.717) is 11.4 Å². The van der Waals surface area contributed by atoms with E-state index < -0.39 is 30.0 Å². The minimum absolute atomic E-state index is 0.0408. The van der Waals surface area contributed by atoms with Gasteiger partial charge in [-0.2, -0.15) is 37.3 Å². The molecule has 0 radical (unpaired) electrons. The Kier molecular flexibility index (Phi) is 8.16. The van der Waals surface area contributed by atoms with Crippen LogP contribution in [0.25, 0.3) is 12.2 Å². The van der Waals surface area contributed by atoms with Gasteiger partial charge in [-0.05, 0) is 96.1 Å². The van der Waals surface area contributed by atoms with E-state index in [9.17, 15) is 36.2 Å². The molecule has 0 aliphatic rings. The Bertz CT molecular complexity index is 1720. The fourth-order valence-corrected chi connectivity index (χ4v) is 4.71. The maximum atomic E-state index is 12.0. The molecule has 0 aromatic heterocycles. The third-order valence-electron chi connectivity index (χ3n) is 5.25. The van der Waals surface area contributed by atoms with Gasteiger partial charge in [0, 0.05) is 0 Å². The molecule has 0 fully saturated rings. The van der Waals surface area contributed by atoms with Crippen LogP contribution in [-0.2, 0) is 20.2 Å². The van der Waals surface area contributed by atoms with Gasteiger partial charge >= 0.3 is 0 Å². The van der Waals surface area contributed by atoms with E-state index in [4.69, 9.17) is 0 Å². The molecule has 0 unspecified atom stereocenters. The molecule has 14 heteroatoms. The van der Waals surface area contributed by atoms with Gasteiger partial charge in [-0.3, -0.25) is 9.11 Å². The average Bonchev–Trinajstić information content (AvgIpc) is 2.90. The van der Waals surface area contributed by atoms with Crippen molar-refractivity contribution in [2.24, 2.45) is 20.5 Å². The molecule has 0 saturated carbocycles. The fraction of sp³-hybridized carbons (Fsp3) is 0. The monoisotopic (exact) mass is 580 g/mol. The molecule has 0 atom stereocenters. The molecular formula is C26H20N4O8S2. The molecule has 40 heavy (non-hydrogen) atoms. The van der Waals surface area contributed by atoms with Crippen molar-refractivity contribution in [2.45, 2.75) is 9.79 Å². The van der Waals surface area contributed by atoms with Gasteiger partial charge in [0.25, 0.3) is 20.2 Å². The Labute approximate surface area is 228 Å². The summed E-state index contributed by atoms with van der Waals surface area (Å²) in [5.41, 5.74) is 1.11. The van der Waals surface area contributed by atoms with Gasteiger partial charge in [-0.25, -0.2) is 0 Å². The zero-order chi connectivity index (χ0) is 28.9. The first-order valence-electron chi connectivity index (χ1n) is 11.2. The Morgan fingerprint density at radius 3 is 1.10 bits per heavy atom. The third kappa shape index (κ3) is 7.42. The van der Waals surface area contributed by atoms with Crippen LogP contribution in [0.15, 0.2) is 115 Å². The second-order valence-electron chi connectivity index (χ2n) is 8.16. The number of aromatic hydroxyl groups is 2. The molecule has 0 saturated heterocycles. The van der Waals surface area contributed by atoms with Crippen molar-refractivity contribution in [1.82, 2.24) is 0 Å². The summed E-state index contributed by atoms with van der Waals surface area (Å²) in [5.74, 6) is 0.0815. The molecule has 204 valence electrons. The van der Waals surface area contributed by atoms with Crippen molar-refractivity contribution < 1.29 is 36.2 Å². The lowest BCUT2D eigenvalue weighted by Crippen LogP contribution is -2.01. The number of azo groups is 2. The van der Waals surface area contributed by atoms with E-state index in [2.05, 4.69) is 20.5 Å². The molecule has 0 amide bonds. The molecule has 12 nitrogen and oxygen atoms in total. The van der Waals surface area contributed by atoms with Gasteiger partial charge in [0.05, 0.1) is 22.7 Å². The van der Waals surface area contributed by atoms with Crippen molar-refractivity contribution in [2.75, 3.05) is 0 Å². The number of hydrogen-bond acceptors (Lipinski definition) is 10. The summed E-state index contributed by atoms with van der Waals surface area (Å²) in [6, 6.07) is 19.1. The fourth-order valence-electron chi connectivity index (χ4n) is 3.38. The van der Waals surface area contributed by atoms with E-state index in [1.54, 1.807) is 0 Å². The molecule has 0 bridgehead atoms. The molecule has 4 N–H and O–H groups in total. The second kappa shape index (κ2) is 11.5. The molecule has 0 spiro atoms. The highest BCUT2D eigenvalue weighted by atomic mass is 32.2. The Hall–Kier alpha value is -4.76. The second-order valence-corrected chi connectivity index (χ2v) is 10.9. The van der Waals surface area contributed by atoms with Crippen molar-refractivity contribution in [3.63, 3.8) is 0 Å². The van der Waals surface area contributed by atoms with Gasteiger partial charge in [-0.15, -0.1) is 0 Å². The number of phenols is 2. The predicted molar refractivity (Wildman–Crippen MR) is 146 cm³/mol. The summed E-state index contributed by atoms with van der Waals surface area (Å²) in [6.07, 6.45) is 2.43. The average molecular weight is 581 g/mol. The minimum atomic E-state index is -4.69. The van der Waals surface area contributed by atoms with Gasteiger partial charge in [0.2, 0.25) is 0 Å². The van der Waals surface area contributed by atoms with E-state index in [0.717, 1.165) is 12.1 Å². The number of benzene rings is 4. The van der Waals surface area contributed by atoms with Crippen molar-refractivity contribution in [1.29, 1.82) is 0 Å². The van der Waals surface area contributed by atoms with Crippen molar-refractivity contribution in [3.05, 3.63) is 96.1 Å². The van der Waals surface area contributed by atoms with E-state index >= 15 is 0 Å². The van der Waals surface area contributed by atoms with Crippen molar-refractivity contribution >= 4 is 55.1 Å². The Morgan fingerprint density at radius 1 is 0.475 bits per heavy atom. The van der Waals surface area contributed by atoms with Crippen LogP contribution in [-0.4, -0.2) is 36.2 Å². The van der Waals surface area contributed by atoms with Crippen LogP contribution >= 0.6 is 0 Å². The smallest absolute Gasteiger partial charge is 0.295 e. The molecule has 0 aliphatic carbocycles. The van der Waals surface area contributed by atoms with Crippen LogP contribution in [0.3, 0.4) is 0 Å². The molecule has 4 rings (SSSR count). The summed E-state index contributed by atoms with van der Waals surface area (Å²) < 4.78 is 67.3.